The van der Waals surface area contributed by atoms with Crippen LogP contribution >= 0.6 is 23.2 Å². The highest BCUT2D eigenvalue weighted by Crippen LogP contribution is 2.51. The number of benzene rings is 2. The van der Waals surface area contributed by atoms with Crippen LogP contribution in [0.4, 0.5) is 5.69 Å². The topological polar surface area (TPSA) is 21.3 Å². The minimum Gasteiger partial charge on any atom is -0.494 e. The number of hydrogen-bond acceptors (Lipinski definition) is 2. The van der Waals surface area contributed by atoms with Gasteiger partial charge in [-0.1, -0.05) is 67.6 Å². The predicted octanol–water partition coefficient (Wildman–Crippen LogP) is 7.78. The zero-order chi connectivity index (χ0) is 19.5. The molecule has 1 aliphatic heterocycles. The quantitative estimate of drug-likeness (QED) is 0.368. The van der Waals surface area contributed by atoms with Crippen molar-refractivity contribution in [3.8, 4) is 5.75 Å². The number of fused-ring (bicyclic) bond motifs is 3. The van der Waals surface area contributed by atoms with Crippen LogP contribution in [-0.2, 0) is 0 Å². The van der Waals surface area contributed by atoms with Gasteiger partial charge in [0.2, 0.25) is 0 Å². The minimum absolute atomic E-state index is 0.179. The highest BCUT2D eigenvalue weighted by atomic mass is 35.5. The first kappa shape index (κ1) is 19.7. The van der Waals surface area contributed by atoms with Crippen molar-refractivity contribution in [2.45, 2.75) is 51.0 Å². The second-order valence-corrected chi connectivity index (χ2v) is 8.64. The Morgan fingerprint density at radius 1 is 1.04 bits per heavy atom. The highest BCUT2D eigenvalue weighted by Gasteiger charge is 2.38. The summed E-state index contributed by atoms with van der Waals surface area (Å²) >= 11 is 12.6. The van der Waals surface area contributed by atoms with E-state index in [0.29, 0.717) is 16.9 Å². The van der Waals surface area contributed by atoms with Gasteiger partial charge in [-0.25, -0.2) is 0 Å². The molecule has 3 unspecified atom stereocenters. The third-order valence-corrected chi connectivity index (χ3v) is 6.46. The Kier molecular flexibility index (Phi) is 6.18. The number of allylic oxidation sites excluding steroid dienone is 2. The average molecular weight is 416 g/mol. The summed E-state index contributed by atoms with van der Waals surface area (Å²) in [6.45, 7) is 3.02. The Hall–Kier alpha value is -1.64. The van der Waals surface area contributed by atoms with Crippen LogP contribution in [0.1, 0.15) is 62.1 Å². The van der Waals surface area contributed by atoms with Crippen molar-refractivity contribution in [1.82, 2.24) is 0 Å². The van der Waals surface area contributed by atoms with Crippen molar-refractivity contribution >= 4 is 28.9 Å². The molecule has 0 radical (unpaired) electrons. The van der Waals surface area contributed by atoms with Crippen molar-refractivity contribution in [1.29, 1.82) is 0 Å². The van der Waals surface area contributed by atoms with Gasteiger partial charge in [0.25, 0.3) is 0 Å². The van der Waals surface area contributed by atoms with E-state index in [2.05, 4.69) is 48.7 Å². The van der Waals surface area contributed by atoms with Crippen LogP contribution in [0, 0.1) is 5.92 Å². The summed E-state index contributed by atoms with van der Waals surface area (Å²) < 4.78 is 6.02. The average Bonchev–Trinajstić information content (AvgIpc) is 3.18. The maximum Gasteiger partial charge on any atom is 0.119 e. The van der Waals surface area contributed by atoms with Crippen molar-refractivity contribution in [3.63, 3.8) is 0 Å². The van der Waals surface area contributed by atoms with Crippen molar-refractivity contribution in [2.24, 2.45) is 5.92 Å². The highest BCUT2D eigenvalue weighted by molar-refractivity contribution is 6.35. The SMILES string of the molecule is CCCCCCOc1ccc2c(c1)C1C=CCC1C(c1ccc(Cl)cc1Cl)N2. The van der Waals surface area contributed by atoms with E-state index in [-0.39, 0.29) is 6.04 Å². The Balaban J connectivity index is 1.55. The molecule has 4 rings (SSSR count). The third-order valence-electron chi connectivity index (χ3n) is 5.90. The number of hydrogen-bond donors (Lipinski definition) is 1. The fourth-order valence-electron chi connectivity index (χ4n) is 4.44. The smallest absolute Gasteiger partial charge is 0.119 e. The number of halogens is 2. The first-order chi connectivity index (χ1) is 13.7. The molecule has 3 atom stereocenters. The molecule has 0 spiro atoms. The van der Waals surface area contributed by atoms with E-state index in [1.54, 1.807) is 0 Å². The summed E-state index contributed by atoms with van der Waals surface area (Å²) in [6.07, 6.45) is 10.6. The zero-order valence-corrected chi connectivity index (χ0v) is 17.8. The molecular weight excluding hydrogens is 389 g/mol. The molecule has 4 heteroatoms. The lowest BCUT2D eigenvalue weighted by Crippen LogP contribution is -2.29. The van der Waals surface area contributed by atoms with Crippen LogP contribution in [0.3, 0.4) is 0 Å². The summed E-state index contributed by atoms with van der Waals surface area (Å²) in [4.78, 5) is 0. The predicted molar refractivity (Wildman–Crippen MR) is 119 cm³/mol. The van der Waals surface area contributed by atoms with Crippen molar-refractivity contribution < 1.29 is 4.74 Å². The molecule has 2 aliphatic rings. The van der Waals surface area contributed by atoms with Crippen LogP contribution in [0.15, 0.2) is 48.6 Å². The van der Waals surface area contributed by atoms with E-state index >= 15 is 0 Å². The van der Waals surface area contributed by atoms with Gasteiger partial charge in [-0.3, -0.25) is 0 Å². The van der Waals surface area contributed by atoms with Gasteiger partial charge in [0.05, 0.1) is 12.6 Å². The lowest BCUT2D eigenvalue weighted by Gasteiger charge is -2.38. The van der Waals surface area contributed by atoms with Crippen LogP contribution in [-0.4, -0.2) is 6.61 Å². The number of rotatable bonds is 7. The molecule has 2 aromatic rings. The van der Waals surface area contributed by atoms with Crippen LogP contribution in [0.25, 0.3) is 0 Å². The van der Waals surface area contributed by atoms with E-state index < -0.39 is 0 Å². The van der Waals surface area contributed by atoms with Crippen molar-refractivity contribution in [2.75, 3.05) is 11.9 Å². The van der Waals surface area contributed by atoms with E-state index in [0.717, 1.165) is 35.8 Å². The molecule has 0 bridgehead atoms. The van der Waals surface area contributed by atoms with E-state index in [4.69, 9.17) is 27.9 Å². The molecule has 2 aromatic carbocycles. The maximum atomic E-state index is 6.53. The number of ether oxygens (including phenoxy) is 1. The second-order valence-electron chi connectivity index (χ2n) is 7.80. The van der Waals surface area contributed by atoms with Gasteiger partial charge >= 0.3 is 0 Å². The lowest BCUT2D eigenvalue weighted by molar-refractivity contribution is 0.304. The van der Waals surface area contributed by atoms with Gasteiger partial charge in [-0.2, -0.15) is 0 Å². The number of nitrogens with one attached hydrogen (secondary N) is 1. The molecular formula is C24H27Cl2NO. The van der Waals surface area contributed by atoms with Crippen LogP contribution in [0.5, 0.6) is 5.75 Å². The Morgan fingerprint density at radius 3 is 2.75 bits per heavy atom. The fraction of sp³-hybridized carbons (Fsp3) is 0.417. The van der Waals surface area contributed by atoms with E-state index in [1.165, 1.54) is 30.5 Å². The molecule has 0 saturated carbocycles. The van der Waals surface area contributed by atoms with Gasteiger partial charge in [0.1, 0.15) is 5.75 Å². The molecule has 1 heterocycles. The molecule has 28 heavy (non-hydrogen) atoms. The van der Waals surface area contributed by atoms with Gasteiger partial charge < -0.3 is 10.1 Å². The number of anilines is 1. The summed E-state index contributed by atoms with van der Waals surface area (Å²) in [5.41, 5.74) is 3.61. The monoisotopic (exact) mass is 415 g/mol. The van der Waals surface area contributed by atoms with Crippen LogP contribution in [0.2, 0.25) is 10.0 Å². The Bertz CT molecular complexity index is 864. The second kappa shape index (κ2) is 8.80. The maximum absolute atomic E-state index is 6.53. The molecule has 1 N–H and O–H groups in total. The van der Waals surface area contributed by atoms with Crippen molar-refractivity contribution in [3.05, 3.63) is 69.7 Å². The molecule has 0 amide bonds. The molecule has 0 fully saturated rings. The minimum atomic E-state index is 0.179. The van der Waals surface area contributed by atoms with Crippen LogP contribution < -0.4 is 10.1 Å². The standard InChI is InChI=1S/C24H27Cl2NO/c1-2-3-4-5-13-28-17-10-12-23-21(15-17)18-7-6-8-19(18)24(27-23)20-11-9-16(25)14-22(20)26/h6-7,9-12,14-15,18-19,24,27H,2-5,8,13H2,1H3. The van der Waals surface area contributed by atoms with E-state index in [9.17, 15) is 0 Å². The molecule has 1 aliphatic carbocycles. The zero-order valence-electron chi connectivity index (χ0n) is 16.3. The summed E-state index contributed by atoms with van der Waals surface area (Å²) in [5.74, 6) is 1.81. The Morgan fingerprint density at radius 2 is 1.93 bits per heavy atom. The number of unbranched alkanes of at least 4 members (excludes halogenated alkanes) is 3. The summed E-state index contributed by atoms with van der Waals surface area (Å²) in [6, 6.07) is 12.4. The molecule has 148 valence electrons. The molecule has 0 aromatic heterocycles. The van der Waals surface area contributed by atoms with Gasteiger partial charge in [0, 0.05) is 21.7 Å². The normalized spacial score (nSPS) is 22.5. The Labute approximate surface area is 177 Å². The van der Waals surface area contributed by atoms with Gasteiger partial charge in [0.15, 0.2) is 0 Å². The first-order valence-corrected chi connectivity index (χ1v) is 11.1. The molecule has 0 saturated heterocycles. The first-order valence-electron chi connectivity index (χ1n) is 10.3. The fourth-order valence-corrected chi connectivity index (χ4v) is 4.97. The van der Waals surface area contributed by atoms with E-state index in [1.807, 2.05) is 12.1 Å². The largest absolute Gasteiger partial charge is 0.494 e. The van der Waals surface area contributed by atoms with Gasteiger partial charge in [-0.05, 0) is 60.2 Å². The summed E-state index contributed by atoms with van der Waals surface area (Å²) in [7, 11) is 0. The summed E-state index contributed by atoms with van der Waals surface area (Å²) in [5, 5.41) is 5.13. The third kappa shape index (κ3) is 4.04. The van der Waals surface area contributed by atoms with Gasteiger partial charge in [-0.15, -0.1) is 0 Å². The molecule has 2 nitrogen and oxygen atoms in total. The lowest BCUT2D eigenvalue weighted by atomic mass is 9.77.